The van der Waals surface area contributed by atoms with Crippen molar-refractivity contribution in [2.75, 3.05) is 20.2 Å². The smallest absolute Gasteiger partial charge is 0.251 e. The van der Waals surface area contributed by atoms with Gasteiger partial charge in [0.05, 0.1) is 12.0 Å². The van der Waals surface area contributed by atoms with E-state index in [1.54, 1.807) is 28.7 Å². The van der Waals surface area contributed by atoms with Crippen LogP contribution in [0.4, 0.5) is 0 Å². The van der Waals surface area contributed by atoms with Crippen LogP contribution in [0.1, 0.15) is 41.6 Å². The van der Waals surface area contributed by atoms with E-state index >= 15 is 0 Å². The van der Waals surface area contributed by atoms with Crippen molar-refractivity contribution in [2.24, 2.45) is 0 Å². The van der Waals surface area contributed by atoms with Crippen molar-refractivity contribution in [3.8, 4) is 5.88 Å². The van der Waals surface area contributed by atoms with E-state index in [2.05, 4.69) is 10.3 Å². The third kappa shape index (κ3) is 4.69. The minimum absolute atomic E-state index is 0.222. The number of sulfonamides is 1. The number of methoxy groups -OCH3 is 1. The van der Waals surface area contributed by atoms with E-state index in [0.29, 0.717) is 24.5 Å². The fourth-order valence-corrected chi connectivity index (χ4v) is 4.75. The van der Waals surface area contributed by atoms with E-state index < -0.39 is 10.0 Å². The second kappa shape index (κ2) is 9.16. The Bertz CT molecular complexity index is 905. The molecule has 7 nitrogen and oxygen atoms in total. The van der Waals surface area contributed by atoms with Gasteiger partial charge < -0.3 is 10.1 Å². The zero-order valence-corrected chi connectivity index (χ0v) is 16.7. The van der Waals surface area contributed by atoms with Crippen LogP contribution in [0.15, 0.2) is 47.5 Å². The minimum Gasteiger partial charge on any atom is -0.481 e. The molecule has 2 aromatic rings. The van der Waals surface area contributed by atoms with Gasteiger partial charge in [-0.3, -0.25) is 4.79 Å². The van der Waals surface area contributed by atoms with Gasteiger partial charge in [0.1, 0.15) is 0 Å². The third-order valence-corrected chi connectivity index (χ3v) is 6.71. The zero-order valence-electron chi connectivity index (χ0n) is 15.9. The first-order valence-corrected chi connectivity index (χ1v) is 10.8. The van der Waals surface area contributed by atoms with E-state index in [9.17, 15) is 13.2 Å². The number of nitrogens with zero attached hydrogens (tertiary/aromatic N) is 2. The Hall–Kier alpha value is -2.45. The van der Waals surface area contributed by atoms with E-state index in [1.807, 2.05) is 6.07 Å². The van der Waals surface area contributed by atoms with Crippen molar-refractivity contribution in [1.29, 1.82) is 0 Å². The number of carbonyl (C=O) groups is 1. The number of rotatable bonds is 6. The molecule has 0 unspecified atom stereocenters. The molecule has 1 fully saturated rings. The Morgan fingerprint density at radius 2 is 1.79 bits per heavy atom. The molecule has 150 valence electrons. The van der Waals surface area contributed by atoms with Crippen molar-refractivity contribution in [3.63, 3.8) is 0 Å². The van der Waals surface area contributed by atoms with Crippen LogP contribution in [0.25, 0.3) is 0 Å². The van der Waals surface area contributed by atoms with Crippen LogP contribution in [0.2, 0.25) is 0 Å². The summed E-state index contributed by atoms with van der Waals surface area (Å²) in [5.74, 6) is 0.173. The molecular formula is C20H25N3O4S. The lowest BCUT2D eigenvalue weighted by Crippen LogP contribution is -2.32. The molecule has 0 atom stereocenters. The van der Waals surface area contributed by atoms with Gasteiger partial charge in [0.15, 0.2) is 0 Å². The van der Waals surface area contributed by atoms with Crippen LogP contribution >= 0.6 is 0 Å². The summed E-state index contributed by atoms with van der Waals surface area (Å²) >= 11 is 0. The van der Waals surface area contributed by atoms with Gasteiger partial charge in [0.25, 0.3) is 5.91 Å². The van der Waals surface area contributed by atoms with Crippen LogP contribution in [0.3, 0.4) is 0 Å². The summed E-state index contributed by atoms with van der Waals surface area (Å²) in [7, 11) is -1.99. The summed E-state index contributed by atoms with van der Waals surface area (Å²) in [5.41, 5.74) is 1.16. The Kier molecular flexibility index (Phi) is 6.64. The molecule has 28 heavy (non-hydrogen) atoms. The predicted octanol–water partition coefficient (Wildman–Crippen LogP) is 2.58. The van der Waals surface area contributed by atoms with E-state index in [1.165, 1.54) is 19.2 Å². The number of aromatic nitrogens is 1. The molecule has 0 aliphatic carbocycles. The maximum Gasteiger partial charge on any atom is 0.251 e. The van der Waals surface area contributed by atoms with Gasteiger partial charge in [-0.05, 0) is 43.2 Å². The standard InChI is InChI=1S/C20H25N3O4S/c1-27-20-17(7-6-12-21-20)15-22-19(24)16-8-10-18(11-9-16)28(25,26)23-13-4-2-3-5-14-23/h6-12H,2-5,13-15H2,1H3,(H,22,24). The maximum absolute atomic E-state index is 12.8. The summed E-state index contributed by atoms with van der Waals surface area (Å²) in [5, 5.41) is 2.80. The molecule has 0 radical (unpaired) electrons. The fraction of sp³-hybridized carbons (Fsp3) is 0.400. The first-order chi connectivity index (χ1) is 13.5. The maximum atomic E-state index is 12.8. The lowest BCUT2D eigenvalue weighted by molar-refractivity contribution is 0.0950. The highest BCUT2D eigenvalue weighted by Gasteiger charge is 2.25. The van der Waals surface area contributed by atoms with Gasteiger partial charge in [0, 0.05) is 37.0 Å². The normalized spacial score (nSPS) is 15.6. The van der Waals surface area contributed by atoms with Crippen molar-refractivity contribution in [2.45, 2.75) is 37.1 Å². The molecule has 1 aromatic carbocycles. The van der Waals surface area contributed by atoms with Gasteiger partial charge >= 0.3 is 0 Å². The number of nitrogens with one attached hydrogen (secondary N) is 1. The second-order valence-electron chi connectivity index (χ2n) is 6.70. The molecule has 1 N–H and O–H groups in total. The predicted molar refractivity (Wildman–Crippen MR) is 106 cm³/mol. The highest BCUT2D eigenvalue weighted by Crippen LogP contribution is 2.21. The molecule has 1 amide bonds. The van der Waals surface area contributed by atoms with E-state index in [4.69, 9.17) is 4.74 Å². The Labute approximate surface area is 165 Å². The van der Waals surface area contributed by atoms with Crippen molar-refractivity contribution in [1.82, 2.24) is 14.6 Å². The molecule has 3 rings (SSSR count). The van der Waals surface area contributed by atoms with Crippen molar-refractivity contribution < 1.29 is 17.9 Å². The minimum atomic E-state index is -3.52. The number of amides is 1. The first kappa shape index (κ1) is 20.3. The van der Waals surface area contributed by atoms with Gasteiger partial charge in [0.2, 0.25) is 15.9 Å². The Balaban J connectivity index is 1.67. The topological polar surface area (TPSA) is 88.6 Å². The molecule has 0 bridgehead atoms. The average Bonchev–Trinajstić information content (AvgIpc) is 3.02. The Morgan fingerprint density at radius 3 is 2.43 bits per heavy atom. The molecule has 1 aromatic heterocycles. The van der Waals surface area contributed by atoms with Crippen LogP contribution < -0.4 is 10.1 Å². The quantitative estimate of drug-likeness (QED) is 0.801. The van der Waals surface area contributed by atoms with Crippen LogP contribution in [-0.4, -0.2) is 43.8 Å². The van der Waals surface area contributed by atoms with Gasteiger partial charge in [-0.25, -0.2) is 13.4 Å². The van der Waals surface area contributed by atoms with E-state index in [-0.39, 0.29) is 17.3 Å². The van der Waals surface area contributed by atoms with Crippen molar-refractivity contribution >= 4 is 15.9 Å². The molecule has 2 heterocycles. The highest BCUT2D eigenvalue weighted by atomic mass is 32.2. The molecule has 8 heteroatoms. The number of carbonyl (C=O) groups excluding carboxylic acids is 1. The lowest BCUT2D eigenvalue weighted by atomic mass is 10.2. The van der Waals surface area contributed by atoms with Crippen LogP contribution in [0, 0.1) is 0 Å². The summed E-state index contributed by atoms with van der Waals surface area (Å²) in [6.45, 7) is 1.37. The van der Waals surface area contributed by atoms with E-state index in [0.717, 1.165) is 31.2 Å². The fourth-order valence-electron chi connectivity index (χ4n) is 3.23. The summed E-state index contributed by atoms with van der Waals surface area (Å²) < 4.78 is 32.3. The first-order valence-electron chi connectivity index (χ1n) is 9.38. The van der Waals surface area contributed by atoms with Crippen LogP contribution in [0.5, 0.6) is 5.88 Å². The average molecular weight is 404 g/mol. The van der Waals surface area contributed by atoms with Crippen LogP contribution in [-0.2, 0) is 16.6 Å². The van der Waals surface area contributed by atoms with Gasteiger partial charge in [-0.2, -0.15) is 4.31 Å². The molecular weight excluding hydrogens is 378 g/mol. The number of ether oxygens (including phenoxy) is 1. The molecule has 1 aliphatic heterocycles. The molecule has 0 spiro atoms. The summed E-state index contributed by atoms with van der Waals surface area (Å²) in [4.78, 5) is 16.7. The molecule has 0 saturated carbocycles. The second-order valence-corrected chi connectivity index (χ2v) is 8.64. The summed E-state index contributed by atoms with van der Waals surface area (Å²) in [6.07, 6.45) is 5.52. The third-order valence-electron chi connectivity index (χ3n) is 4.80. The zero-order chi connectivity index (χ0) is 20.0. The van der Waals surface area contributed by atoms with Crippen molar-refractivity contribution in [3.05, 3.63) is 53.7 Å². The Morgan fingerprint density at radius 1 is 1.11 bits per heavy atom. The highest BCUT2D eigenvalue weighted by molar-refractivity contribution is 7.89. The SMILES string of the molecule is COc1ncccc1CNC(=O)c1ccc(S(=O)(=O)N2CCCCCC2)cc1. The number of pyridine rings is 1. The number of hydrogen-bond acceptors (Lipinski definition) is 5. The van der Waals surface area contributed by atoms with Gasteiger partial charge in [-0.15, -0.1) is 0 Å². The number of hydrogen-bond donors (Lipinski definition) is 1. The summed E-state index contributed by atoms with van der Waals surface area (Å²) in [6, 6.07) is 9.68. The van der Waals surface area contributed by atoms with Gasteiger partial charge in [-0.1, -0.05) is 18.9 Å². The molecule has 1 aliphatic rings. The number of benzene rings is 1. The molecule has 1 saturated heterocycles. The monoisotopic (exact) mass is 403 g/mol. The lowest BCUT2D eigenvalue weighted by Gasteiger charge is -2.20. The largest absolute Gasteiger partial charge is 0.481 e.